The second-order valence-corrected chi connectivity index (χ2v) is 5.51. The molecule has 2 nitrogen and oxygen atoms in total. The van der Waals surface area contributed by atoms with Gasteiger partial charge in [0, 0.05) is 15.6 Å². The van der Waals surface area contributed by atoms with Gasteiger partial charge < -0.3 is 5.11 Å². The number of halogens is 2. The summed E-state index contributed by atoms with van der Waals surface area (Å²) in [5.41, 5.74) is 1.96. The molecule has 0 radical (unpaired) electrons. The van der Waals surface area contributed by atoms with E-state index >= 15 is 0 Å². The topological polar surface area (TPSA) is 37.3 Å². The summed E-state index contributed by atoms with van der Waals surface area (Å²) in [6.07, 6.45) is 0. The quantitative estimate of drug-likeness (QED) is 0.676. The van der Waals surface area contributed by atoms with Gasteiger partial charge in [0.1, 0.15) is 0 Å². The molecule has 0 aliphatic heterocycles. The zero-order chi connectivity index (χ0) is 15.0. The molecule has 3 aromatic carbocycles. The number of carboxylic acid groups (broad SMARTS) is 1. The first-order valence-electron chi connectivity index (χ1n) is 6.28. The summed E-state index contributed by atoms with van der Waals surface area (Å²) in [7, 11) is 0. The lowest BCUT2D eigenvalue weighted by atomic mass is 9.97. The average molecular weight is 317 g/mol. The number of aromatic carboxylic acids is 1. The molecule has 0 saturated carbocycles. The van der Waals surface area contributed by atoms with Crippen LogP contribution in [0.2, 0.25) is 10.0 Å². The van der Waals surface area contributed by atoms with Gasteiger partial charge in [0.15, 0.2) is 0 Å². The van der Waals surface area contributed by atoms with Crippen molar-refractivity contribution in [2.75, 3.05) is 0 Å². The lowest BCUT2D eigenvalue weighted by Gasteiger charge is -2.10. The van der Waals surface area contributed by atoms with E-state index in [1.54, 1.807) is 30.3 Å². The second kappa shape index (κ2) is 5.40. The minimum absolute atomic E-state index is 0.250. The lowest BCUT2D eigenvalue weighted by molar-refractivity contribution is 0.0697. The number of fused-ring (bicyclic) bond motifs is 1. The Morgan fingerprint density at radius 3 is 2.43 bits per heavy atom. The molecule has 4 heteroatoms. The number of hydrogen-bond donors (Lipinski definition) is 1. The summed E-state index contributed by atoms with van der Waals surface area (Å²) in [6.45, 7) is 0. The van der Waals surface area contributed by atoms with Gasteiger partial charge in [-0.15, -0.1) is 0 Å². The van der Waals surface area contributed by atoms with Gasteiger partial charge in [0.05, 0.1) is 5.56 Å². The molecule has 0 aliphatic carbocycles. The summed E-state index contributed by atoms with van der Waals surface area (Å²) in [5, 5.41) is 12.1. The number of carbonyl (C=O) groups is 1. The van der Waals surface area contributed by atoms with E-state index in [0.717, 1.165) is 21.9 Å². The molecule has 0 heterocycles. The van der Waals surface area contributed by atoms with Crippen molar-refractivity contribution in [2.24, 2.45) is 0 Å². The fourth-order valence-electron chi connectivity index (χ4n) is 2.35. The van der Waals surface area contributed by atoms with E-state index in [9.17, 15) is 4.79 Å². The minimum Gasteiger partial charge on any atom is -0.478 e. The van der Waals surface area contributed by atoms with Crippen molar-refractivity contribution in [2.45, 2.75) is 0 Å². The lowest BCUT2D eigenvalue weighted by Crippen LogP contribution is -1.95. The van der Waals surface area contributed by atoms with Crippen LogP contribution in [0.5, 0.6) is 0 Å². The van der Waals surface area contributed by atoms with Crippen LogP contribution in [0.3, 0.4) is 0 Å². The minimum atomic E-state index is -0.950. The van der Waals surface area contributed by atoms with E-state index in [-0.39, 0.29) is 5.56 Å². The fourth-order valence-corrected chi connectivity index (χ4v) is 2.86. The van der Waals surface area contributed by atoms with Crippen LogP contribution in [0, 0.1) is 0 Å². The highest BCUT2D eigenvalue weighted by atomic mass is 35.5. The number of carboxylic acids is 1. The highest BCUT2D eigenvalue weighted by Crippen LogP contribution is 2.35. The van der Waals surface area contributed by atoms with Gasteiger partial charge in [-0.3, -0.25) is 0 Å². The van der Waals surface area contributed by atoms with Crippen LogP contribution in [-0.4, -0.2) is 11.1 Å². The molecule has 0 bridgehead atoms. The summed E-state index contributed by atoms with van der Waals surface area (Å²) in [6, 6.07) is 16.1. The fraction of sp³-hybridized carbons (Fsp3) is 0. The van der Waals surface area contributed by atoms with Gasteiger partial charge in [-0.25, -0.2) is 4.79 Å². The van der Waals surface area contributed by atoms with Crippen LogP contribution in [0.1, 0.15) is 10.4 Å². The Labute approximate surface area is 131 Å². The standard InChI is InChI=1S/C17H10Cl2O2/c18-12-6-7-14(16(19)9-12)13-3-1-2-10-4-5-11(17(20)21)8-15(10)13/h1-9H,(H,20,21). The van der Waals surface area contributed by atoms with Gasteiger partial charge in [-0.05, 0) is 40.6 Å². The van der Waals surface area contributed by atoms with Crippen LogP contribution in [0.25, 0.3) is 21.9 Å². The molecule has 0 amide bonds. The van der Waals surface area contributed by atoms with Gasteiger partial charge in [-0.1, -0.05) is 53.5 Å². The van der Waals surface area contributed by atoms with Crippen LogP contribution in [0.15, 0.2) is 54.6 Å². The van der Waals surface area contributed by atoms with Gasteiger partial charge >= 0.3 is 5.97 Å². The van der Waals surface area contributed by atoms with Gasteiger partial charge in [0.2, 0.25) is 0 Å². The Bertz CT molecular complexity index is 857. The first-order valence-corrected chi connectivity index (χ1v) is 7.03. The Morgan fingerprint density at radius 1 is 0.905 bits per heavy atom. The molecule has 0 aromatic heterocycles. The van der Waals surface area contributed by atoms with Crippen LogP contribution < -0.4 is 0 Å². The molecule has 104 valence electrons. The van der Waals surface area contributed by atoms with Crippen LogP contribution >= 0.6 is 23.2 Å². The van der Waals surface area contributed by atoms with Gasteiger partial charge in [0.25, 0.3) is 0 Å². The molecule has 1 N–H and O–H groups in total. The molecule has 0 aliphatic rings. The predicted molar refractivity (Wildman–Crippen MR) is 86.4 cm³/mol. The molecule has 3 aromatic rings. The zero-order valence-electron chi connectivity index (χ0n) is 10.8. The third-order valence-electron chi connectivity index (χ3n) is 3.35. The molecule has 0 spiro atoms. The zero-order valence-corrected chi connectivity index (χ0v) is 12.3. The van der Waals surface area contributed by atoms with Gasteiger partial charge in [-0.2, -0.15) is 0 Å². The molecule has 0 atom stereocenters. The van der Waals surface area contributed by atoms with E-state index in [1.165, 1.54) is 0 Å². The summed E-state index contributed by atoms with van der Waals surface area (Å²) in [5.74, 6) is -0.950. The first-order chi connectivity index (χ1) is 10.1. The second-order valence-electron chi connectivity index (χ2n) is 4.67. The van der Waals surface area contributed by atoms with Crippen molar-refractivity contribution in [3.05, 3.63) is 70.2 Å². The monoisotopic (exact) mass is 316 g/mol. The molecule has 0 saturated heterocycles. The van der Waals surface area contributed by atoms with Crippen molar-refractivity contribution in [1.29, 1.82) is 0 Å². The third kappa shape index (κ3) is 2.60. The molecular weight excluding hydrogens is 307 g/mol. The van der Waals surface area contributed by atoms with Crippen LogP contribution in [-0.2, 0) is 0 Å². The molecule has 0 fully saturated rings. The Kier molecular flexibility index (Phi) is 3.58. The number of hydrogen-bond acceptors (Lipinski definition) is 1. The molecule has 3 rings (SSSR count). The molecule has 21 heavy (non-hydrogen) atoms. The maximum absolute atomic E-state index is 11.2. The van der Waals surface area contributed by atoms with Crippen molar-refractivity contribution in [3.8, 4) is 11.1 Å². The summed E-state index contributed by atoms with van der Waals surface area (Å²) >= 11 is 12.2. The average Bonchev–Trinajstić information content (AvgIpc) is 2.46. The summed E-state index contributed by atoms with van der Waals surface area (Å²) < 4.78 is 0. The smallest absolute Gasteiger partial charge is 0.335 e. The largest absolute Gasteiger partial charge is 0.478 e. The number of rotatable bonds is 2. The molecular formula is C17H10Cl2O2. The summed E-state index contributed by atoms with van der Waals surface area (Å²) in [4.78, 5) is 11.2. The Balaban J connectivity index is 2.31. The highest BCUT2D eigenvalue weighted by molar-refractivity contribution is 6.36. The van der Waals surface area contributed by atoms with Crippen molar-refractivity contribution in [3.63, 3.8) is 0 Å². The van der Waals surface area contributed by atoms with Crippen LogP contribution in [0.4, 0.5) is 0 Å². The van der Waals surface area contributed by atoms with Crippen molar-refractivity contribution < 1.29 is 9.90 Å². The SMILES string of the molecule is O=C(O)c1ccc2cccc(-c3ccc(Cl)cc3Cl)c2c1. The normalized spacial score (nSPS) is 10.8. The van der Waals surface area contributed by atoms with E-state index in [1.807, 2.05) is 24.3 Å². The van der Waals surface area contributed by atoms with E-state index in [2.05, 4.69) is 0 Å². The van der Waals surface area contributed by atoms with E-state index in [0.29, 0.717) is 10.0 Å². The van der Waals surface area contributed by atoms with E-state index < -0.39 is 5.97 Å². The third-order valence-corrected chi connectivity index (χ3v) is 3.90. The Morgan fingerprint density at radius 2 is 1.71 bits per heavy atom. The maximum Gasteiger partial charge on any atom is 0.335 e. The maximum atomic E-state index is 11.2. The first kappa shape index (κ1) is 13.9. The van der Waals surface area contributed by atoms with Crippen molar-refractivity contribution in [1.82, 2.24) is 0 Å². The van der Waals surface area contributed by atoms with E-state index in [4.69, 9.17) is 28.3 Å². The Hall–Kier alpha value is -2.03. The molecule has 0 unspecified atom stereocenters. The number of benzene rings is 3. The van der Waals surface area contributed by atoms with Crippen molar-refractivity contribution >= 4 is 39.9 Å². The predicted octanol–water partition coefficient (Wildman–Crippen LogP) is 5.51. The highest BCUT2D eigenvalue weighted by Gasteiger charge is 2.10.